The standard InChI is InChI=1S/C24H16Cl2N2O3/c25-16-11-12-20-18(14-16)22(17-8-4-5-9-19(17)26)28-24(23(30)27-20)31-21(29)13-10-15-6-2-1-3-7-15/h1-14,24H,(H,27,30)/b13-10+. The monoisotopic (exact) mass is 450 g/mol. The first-order chi connectivity index (χ1) is 15.0. The quantitative estimate of drug-likeness (QED) is 0.429. The molecule has 1 unspecified atom stereocenters. The van der Waals surface area contributed by atoms with Gasteiger partial charge < -0.3 is 10.1 Å². The maximum Gasteiger partial charge on any atom is 0.333 e. The van der Waals surface area contributed by atoms with Crippen molar-refractivity contribution in [2.45, 2.75) is 6.23 Å². The zero-order chi connectivity index (χ0) is 21.8. The average Bonchev–Trinajstić information content (AvgIpc) is 2.90. The molecule has 7 heteroatoms. The Morgan fingerprint density at radius 2 is 1.71 bits per heavy atom. The molecule has 0 aliphatic carbocycles. The van der Waals surface area contributed by atoms with Crippen molar-refractivity contribution in [2.75, 3.05) is 5.32 Å². The number of carbonyl (C=O) groups excluding carboxylic acids is 2. The summed E-state index contributed by atoms with van der Waals surface area (Å²) in [6.07, 6.45) is 1.46. The second-order valence-electron chi connectivity index (χ2n) is 6.67. The molecule has 0 aromatic heterocycles. The highest BCUT2D eigenvalue weighted by atomic mass is 35.5. The third kappa shape index (κ3) is 4.85. The van der Waals surface area contributed by atoms with Crippen LogP contribution in [0.1, 0.15) is 16.7 Å². The molecule has 0 saturated heterocycles. The minimum Gasteiger partial charge on any atom is -0.427 e. The smallest absolute Gasteiger partial charge is 0.333 e. The maximum atomic E-state index is 12.7. The number of benzodiazepines with no additional fused rings is 1. The van der Waals surface area contributed by atoms with Crippen LogP contribution in [0.5, 0.6) is 0 Å². The lowest BCUT2D eigenvalue weighted by molar-refractivity contribution is -0.148. The molecule has 5 nitrogen and oxygen atoms in total. The van der Waals surface area contributed by atoms with Crippen LogP contribution in [0, 0.1) is 0 Å². The summed E-state index contributed by atoms with van der Waals surface area (Å²) in [5.74, 6) is -1.28. The summed E-state index contributed by atoms with van der Waals surface area (Å²) in [5.41, 5.74) is 2.88. The van der Waals surface area contributed by atoms with Gasteiger partial charge in [-0.1, -0.05) is 71.7 Å². The first-order valence-electron chi connectivity index (χ1n) is 9.38. The van der Waals surface area contributed by atoms with E-state index in [1.54, 1.807) is 48.5 Å². The molecule has 1 atom stereocenters. The second kappa shape index (κ2) is 9.16. The Morgan fingerprint density at radius 1 is 0.968 bits per heavy atom. The average molecular weight is 451 g/mol. The predicted molar refractivity (Wildman–Crippen MR) is 123 cm³/mol. The van der Waals surface area contributed by atoms with Crippen LogP contribution in [0.25, 0.3) is 6.08 Å². The van der Waals surface area contributed by atoms with Crippen molar-refractivity contribution in [2.24, 2.45) is 4.99 Å². The number of aliphatic imine (C=N–C) groups is 1. The van der Waals surface area contributed by atoms with Gasteiger partial charge in [-0.25, -0.2) is 9.79 Å². The van der Waals surface area contributed by atoms with Crippen LogP contribution in [0.2, 0.25) is 10.0 Å². The summed E-state index contributed by atoms with van der Waals surface area (Å²) in [4.78, 5) is 29.6. The highest BCUT2D eigenvalue weighted by Gasteiger charge is 2.29. The summed E-state index contributed by atoms with van der Waals surface area (Å²) in [7, 11) is 0. The first kappa shape index (κ1) is 20.8. The van der Waals surface area contributed by atoms with Gasteiger partial charge >= 0.3 is 5.97 Å². The molecular formula is C24H16Cl2N2O3. The molecule has 1 aliphatic heterocycles. The van der Waals surface area contributed by atoms with Gasteiger partial charge in [0.1, 0.15) is 0 Å². The van der Waals surface area contributed by atoms with Crippen LogP contribution in [0.15, 0.2) is 83.9 Å². The normalized spacial score (nSPS) is 15.6. The molecule has 1 N–H and O–H groups in total. The highest BCUT2D eigenvalue weighted by molar-refractivity contribution is 6.37. The molecule has 31 heavy (non-hydrogen) atoms. The summed E-state index contributed by atoms with van der Waals surface area (Å²) < 4.78 is 5.36. The fourth-order valence-corrected chi connectivity index (χ4v) is 3.48. The highest BCUT2D eigenvalue weighted by Crippen LogP contribution is 2.30. The number of benzene rings is 3. The fraction of sp³-hybridized carbons (Fsp3) is 0.0417. The maximum absolute atomic E-state index is 12.7. The SMILES string of the molecule is O=C(/C=C/c1ccccc1)OC1N=C(c2ccccc2Cl)c2cc(Cl)ccc2NC1=O. The number of ether oxygens (including phenoxy) is 1. The van der Waals surface area contributed by atoms with Crippen LogP contribution in [-0.4, -0.2) is 23.8 Å². The first-order valence-corrected chi connectivity index (χ1v) is 10.1. The number of nitrogens with zero attached hydrogens (tertiary/aromatic N) is 1. The Bertz CT molecular complexity index is 1210. The number of amides is 1. The molecule has 4 rings (SSSR count). The molecule has 3 aromatic rings. The summed E-state index contributed by atoms with van der Waals surface area (Å²) in [6, 6.07) is 21.4. The molecule has 0 saturated carbocycles. The van der Waals surface area contributed by atoms with Gasteiger partial charge in [-0.15, -0.1) is 0 Å². The topological polar surface area (TPSA) is 67.8 Å². The van der Waals surface area contributed by atoms with Gasteiger partial charge in [-0.05, 0) is 35.9 Å². The molecule has 0 spiro atoms. The van der Waals surface area contributed by atoms with Crippen LogP contribution < -0.4 is 5.32 Å². The van der Waals surface area contributed by atoms with E-state index < -0.39 is 18.1 Å². The predicted octanol–water partition coefficient (Wildman–Crippen LogP) is 5.37. The third-order valence-electron chi connectivity index (χ3n) is 4.53. The van der Waals surface area contributed by atoms with Gasteiger partial charge in [0.05, 0.1) is 11.4 Å². The number of fused-ring (bicyclic) bond motifs is 1. The number of carbonyl (C=O) groups is 2. The zero-order valence-corrected chi connectivity index (χ0v) is 17.6. The number of hydrogen-bond acceptors (Lipinski definition) is 4. The van der Waals surface area contributed by atoms with Crippen molar-refractivity contribution < 1.29 is 14.3 Å². The van der Waals surface area contributed by atoms with E-state index in [2.05, 4.69) is 10.3 Å². The van der Waals surface area contributed by atoms with E-state index in [-0.39, 0.29) is 0 Å². The Hall–Kier alpha value is -3.41. The molecule has 154 valence electrons. The Morgan fingerprint density at radius 3 is 2.48 bits per heavy atom. The van der Waals surface area contributed by atoms with E-state index in [0.29, 0.717) is 32.6 Å². The molecule has 3 aromatic carbocycles. The number of esters is 1. The van der Waals surface area contributed by atoms with E-state index in [4.69, 9.17) is 27.9 Å². The van der Waals surface area contributed by atoms with E-state index in [1.165, 1.54) is 6.08 Å². The van der Waals surface area contributed by atoms with Crippen molar-refractivity contribution in [3.8, 4) is 0 Å². The van der Waals surface area contributed by atoms with Crippen LogP contribution in [0.3, 0.4) is 0 Å². The number of anilines is 1. The molecule has 0 fully saturated rings. The van der Waals surface area contributed by atoms with E-state index in [9.17, 15) is 9.59 Å². The van der Waals surface area contributed by atoms with E-state index in [0.717, 1.165) is 5.56 Å². The number of halogens is 2. The van der Waals surface area contributed by atoms with Gasteiger partial charge in [-0.2, -0.15) is 0 Å². The molecule has 0 radical (unpaired) electrons. The van der Waals surface area contributed by atoms with Gasteiger partial charge in [-0.3, -0.25) is 4.79 Å². The lowest BCUT2D eigenvalue weighted by Crippen LogP contribution is -2.30. The lowest BCUT2D eigenvalue weighted by Gasteiger charge is -2.12. The molecular weight excluding hydrogens is 435 g/mol. The summed E-state index contributed by atoms with van der Waals surface area (Å²) in [5, 5.41) is 3.65. The molecule has 1 amide bonds. The van der Waals surface area contributed by atoms with Crippen LogP contribution in [-0.2, 0) is 14.3 Å². The van der Waals surface area contributed by atoms with E-state index in [1.807, 2.05) is 30.3 Å². The number of rotatable bonds is 4. The fourth-order valence-electron chi connectivity index (χ4n) is 3.09. The van der Waals surface area contributed by atoms with Gasteiger partial charge in [0, 0.05) is 27.2 Å². The van der Waals surface area contributed by atoms with Crippen molar-refractivity contribution in [3.05, 3.63) is 106 Å². The Balaban J connectivity index is 1.70. The molecule has 1 aliphatic rings. The van der Waals surface area contributed by atoms with Crippen LogP contribution in [0.4, 0.5) is 5.69 Å². The van der Waals surface area contributed by atoms with Crippen LogP contribution >= 0.6 is 23.2 Å². The summed E-state index contributed by atoms with van der Waals surface area (Å²) in [6.45, 7) is 0. The third-order valence-corrected chi connectivity index (χ3v) is 5.10. The summed E-state index contributed by atoms with van der Waals surface area (Å²) >= 11 is 12.6. The molecule has 1 heterocycles. The van der Waals surface area contributed by atoms with Crippen molar-refractivity contribution >= 4 is 52.6 Å². The van der Waals surface area contributed by atoms with Crippen molar-refractivity contribution in [1.29, 1.82) is 0 Å². The lowest BCUT2D eigenvalue weighted by atomic mass is 10.0. The van der Waals surface area contributed by atoms with Gasteiger partial charge in [0.2, 0.25) is 0 Å². The Labute approximate surface area is 189 Å². The second-order valence-corrected chi connectivity index (χ2v) is 7.51. The largest absolute Gasteiger partial charge is 0.427 e. The van der Waals surface area contributed by atoms with Crippen molar-refractivity contribution in [1.82, 2.24) is 0 Å². The molecule has 0 bridgehead atoms. The minimum atomic E-state index is -1.40. The zero-order valence-electron chi connectivity index (χ0n) is 16.1. The minimum absolute atomic E-state index is 0.395. The number of hydrogen-bond donors (Lipinski definition) is 1. The van der Waals surface area contributed by atoms with E-state index >= 15 is 0 Å². The number of nitrogens with one attached hydrogen (secondary N) is 1. The van der Waals surface area contributed by atoms with Gasteiger partial charge in [0.25, 0.3) is 12.1 Å². The van der Waals surface area contributed by atoms with Gasteiger partial charge in [0.15, 0.2) is 0 Å². The Kier molecular flexibility index (Phi) is 6.16. The van der Waals surface area contributed by atoms with Crippen molar-refractivity contribution in [3.63, 3.8) is 0 Å².